The predicted molar refractivity (Wildman–Crippen MR) is 117 cm³/mol. The number of ether oxygens (including phenoxy) is 1. The summed E-state index contributed by atoms with van der Waals surface area (Å²) in [6, 6.07) is 15.3. The van der Waals surface area contributed by atoms with Gasteiger partial charge in [0.2, 0.25) is 5.91 Å². The number of halogens is 2. The molecule has 0 spiro atoms. The molecule has 1 amide bonds. The lowest BCUT2D eigenvalue weighted by molar-refractivity contribution is -0.111. The Labute approximate surface area is 174 Å². The summed E-state index contributed by atoms with van der Waals surface area (Å²) in [5, 5.41) is 6.24. The highest BCUT2D eigenvalue weighted by atomic mass is 79.9. The molecule has 0 saturated carbocycles. The molecule has 1 aliphatic rings. The monoisotopic (exact) mass is 450 g/mol. The Morgan fingerprint density at radius 1 is 1.19 bits per heavy atom. The normalized spacial score (nSPS) is 14.6. The zero-order chi connectivity index (χ0) is 18.2. The summed E-state index contributed by atoms with van der Waals surface area (Å²) in [7, 11) is 0. The van der Waals surface area contributed by atoms with Crippen molar-refractivity contribution in [3.8, 4) is 5.75 Å². The first-order chi connectivity index (χ1) is 12.7. The number of carbonyl (C=O) groups is 1. The fourth-order valence-corrected chi connectivity index (χ4v) is 3.31. The summed E-state index contributed by atoms with van der Waals surface area (Å²) in [4.78, 5) is 12.1. The Balaban J connectivity index is 0.00000261. The van der Waals surface area contributed by atoms with E-state index in [0.717, 1.165) is 54.0 Å². The van der Waals surface area contributed by atoms with Gasteiger partial charge < -0.3 is 15.4 Å². The van der Waals surface area contributed by atoms with Crippen LogP contribution >= 0.6 is 28.3 Å². The van der Waals surface area contributed by atoms with Gasteiger partial charge in [-0.15, -0.1) is 12.4 Å². The zero-order valence-electron chi connectivity index (χ0n) is 15.0. The first kappa shape index (κ1) is 21.5. The molecule has 1 aliphatic heterocycles. The minimum atomic E-state index is -0.166. The minimum absolute atomic E-state index is 0. The van der Waals surface area contributed by atoms with Gasteiger partial charge in [-0.05, 0) is 67.8 Å². The van der Waals surface area contributed by atoms with Crippen LogP contribution in [0.1, 0.15) is 18.4 Å². The summed E-state index contributed by atoms with van der Waals surface area (Å²) >= 11 is 3.42. The Morgan fingerprint density at radius 2 is 1.96 bits per heavy atom. The summed E-state index contributed by atoms with van der Waals surface area (Å²) in [5.41, 5.74) is 1.70. The van der Waals surface area contributed by atoms with Crippen molar-refractivity contribution in [3.63, 3.8) is 0 Å². The molecule has 27 heavy (non-hydrogen) atoms. The summed E-state index contributed by atoms with van der Waals surface area (Å²) < 4.78 is 6.89. The number of carbonyl (C=O) groups excluding carboxylic acids is 1. The average Bonchev–Trinajstić information content (AvgIpc) is 2.66. The lowest BCUT2D eigenvalue weighted by atomic mass is 9.99. The SMILES string of the molecule is Cl.O=C(/C=C/c1cccc(Br)c1)Nc1cccc(OCC2CCNCC2)c1. The quantitative estimate of drug-likeness (QED) is 0.614. The smallest absolute Gasteiger partial charge is 0.248 e. The third-order valence-electron chi connectivity index (χ3n) is 4.32. The number of rotatable bonds is 6. The van der Waals surface area contributed by atoms with Crippen molar-refractivity contribution in [1.29, 1.82) is 0 Å². The van der Waals surface area contributed by atoms with Crippen LogP contribution in [0.25, 0.3) is 6.08 Å². The van der Waals surface area contributed by atoms with Gasteiger partial charge in [-0.2, -0.15) is 0 Å². The van der Waals surface area contributed by atoms with Crippen LogP contribution in [0.5, 0.6) is 5.75 Å². The molecule has 2 aromatic carbocycles. The zero-order valence-corrected chi connectivity index (χ0v) is 17.4. The molecule has 1 heterocycles. The molecule has 0 aliphatic carbocycles. The second-order valence-electron chi connectivity index (χ2n) is 6.41. The van der Waals surface area contributed by atoms with Gasteiger partial charge in [0.05, 0.1) is 6.61 Å². The van der Waals surface area contributed by atoms with Crippen molar-refractivity contribution in [1.82, 2.24) is 5.32 Å². The molecule has 144 valence electrons. The van der Waals surface area contributed by atoms with E-state index in [4.69, 9.17) is 4.74 Å². The highest BCUT2D eigenvalue weighted by Crippen LogP contribution is 2.20. The Bertz CT molecular complexity index is 776. The van der Waals surface area contributed by atoms with Gasteiger partial charge in [-0.25, -0.2) is 0 Å². The molecule has 2 aromatic rings. The van der Waals surface area contributed by atoms with E-state index in [2.05, 4.69) is 26.6 Å². The van der Waals surface area contributed by atoms with Crippen LogP contribution in [-0.2, 0) is 4.79 Å². The molecule has 6 heteroatoms. The van der Waals surface area contributed by atoms with Gasteiger partial charge in [0.15, 0.2) is 0 Å². The van der Waals surface area contributed by atoms with Crippen molar-refractivity contribution in [3.05, 3.63) is 64.6 Å². The number of hydrogen-bond acceptors (Lipinski definition) is 3. The molecule has 1 saturated heterocycles. The van der Waals surface area contributed by atoms with E-state index >= 15 is 0 Å². The van der Waals surface area contributed by atoms with Gasteiger partial charge in [-0.3, -0.25) is 4.79 Å². The molecular formula is C21H24BrClN2O2. The summed E-state index contributed by atoms with van der Waals surface area (Å²) in [6.45, 7) is 2.85. The fraction of sp³-hybridized carbons (Fsp3) is 0.286. The number of amides is 1. The van der Waals surface area contributed by atoms with Crippen molar-refractivity contribution >= 4 is 46.0 Å². The molecule has 0 atom stereocenters. The van der Waals surface area contributed by atoms with E-state index in [1.54, 1.807) is 6.08 Å². The van der Waals surface area contributed by atoms with Crippen molar-refractivity contribution in [2.24, 2.45) is 5.92 Å². The number of nitrogens with one attached hydrogen (secondary N) is 2. The second-order valence-corrected chi connectivity index (χ2v) is 7.33. The number of benzene rings is 2. The van der Waals surface area contributed by atoms with E-state index in [1.807, 2.05) is 48.5 Å². The van der Waals surface area contributed by atoms with Gasteiger partial charge in [0.1, 0.15) is 5.75 Å². The van der Waals surface area contributed by atoms with Crippen molar-refractivity contribution in [2.75, 3.05) is 25.0 Å². The number of hydrogen-bond donors (Lipinski definition) is 2. The van der Waals surface area contributed by atoms with Crippen LogP contribution in [0.4, 0.5) is 5.69 Å². The maximum Gasteiger partial charge on any atom is 0.248 e. The minimum Gasteiger partial charge on any atom is -0.493 e. The average molecular weight is 452 g/mol. The maximum absolute atomic E-state index is 12.1. The highest BCUT2D eigenvalue weighted by Gasteiger charge is 2.13. The molecule has 0 aromatic heterocycles. The molecule has 0 bridgehead atoms. The summed E-state index contributed by atoms with van der Waals surface area (Å²) in [5.74, 6) is 1.22. The maximum atomic E-state index is 12.1. The first-order valence-corrected chi connectivity index (χ1v) is 9.66. The highest BCUT2D eigenvalue weighted by molar-refractivity contribution is 9.10. The molecule has 2 N–H and O–H groups in total. The van der Waals surface area contributed by atoms with Crippen LogP contribution in [0.15, 0.2) is 59.1 Å². The Morgan fingerprint density at radius 3 is 2.74 bits per heavy atom. The third-order valence-corrected chi connectivity index (χ3v) is 4.82. The molecule has 1 fully saturated rings. The second kappa shape index (κ2) is 11.1. The topological polar surface area (TPSA) is 50.4 Å². The Hall–Kier alpha value is -1.82. The molecular weight excluding hydrogens is 428 g/mol. The molecule has 4 nitrogen and oxygen atoms in total. The largest absolute Gasteiger partial charge is 0.493 e. The van der Waals surface area contributed by atoms with E-state index in [1.165, 1.54) is 6.08 Å². The third kappa shape index (κ3) is 7.37. The van der Waals surface area contributed by atoms with Crippen LogP contribution in [0.3, 0.4) is 0 Å². The fourth-order valence-electron chi connectivity index (χ4n) is 2.89. The van der Waals surface area contributed by atoms with Gasteiger partial charge in [0.25, 0.3) is 0 Å². The van der Waals surface area contributed by atoms with Crippen molar-refractivity contribution in [2.45, 2.75) is 12.8 Å². The van der Waals surface area contributed by atoms with E-state index in [9.17, 15) is 4.79 Å². The van der Waals surface area contributed by atoms with E-state index in [-0.39, 0.29) is 18.3 Å². The lowest BCUT2D eigenvalue weighted by Gasteiger charge is -2.22. The lowest BCUT2D eigenvalue weighted by Crippen LogP contribution is -2.30. The predicted octanol–water partition coefficient (Wildman–Crippen LogP) is 4.90. The van der Waals surface area contributed by atoms with E-state index in [0.29, 0.717) is 5.92 Å². The van der Waals surface area contributed by atoms with Gasteiger partial charge >= 0.3 is 0 Å². The van der Waals surface area contributed by atoms with Gasteiger partial charge in [-0.1, -0.05) is 34.1 Å². The molecule has 3 rings (SSSR count). The standard InChI is InChI=1S/C21H23BrN2O2.ClH/c22-18-4-1-3-16(13-18)7-8-21(25)24-19-5-2-6-20(14-19)26-15-17-9-11-23-12-10-17;/h1-8,13-14,17,23H,9-12,15H2,(H,24,25);1H/b8-7+;. The molecule has 0 unspecified atom stereocenters. The number of piperidine rings is 1. The van der Waals surface area contributed by atoms with Crippen LogP contribution in [0, 0.1) is 5.92 Å². The first-order valence-electron chi connectivity index (χ1n) is 8.87. The van der Waals surface area contributed by atoms with Crippen molar-refractivity contribution < 1.29 is 9.53 Å². The van der Waals surface area contributed by atoms with Crippen LogP contribution in [0.2, 0.25) is 0 Å². The van der Waals surface area contributed by atoms with E-state index < -0.39 is 0 Å². The Kier molecular flexibility index (Phi) is 8.85. The van der Waals surface area contributed by atoms with Gasteiger partial charge in [0, 0.05) is 22.3 Å². The summed E-state index contributed by atoms with van der Waals surface area (Å²) in [6.07, 6.45) is 5.62. The van der Waals surface area contributed by atoms with Crippen LogP contribution < -0.4 is 15.4 Å². The molecule has 0 radical (unpaired) electrons. The van der Waals surface area contributed by atoms with Crippen LogP contribution in [-0.4, -0.2) is 25.6 Å². The number of anilines is 1.